The molecule has 7 heteroatoms. The van der Waals surface area contributed by atoms with E-state index in [9.17, 15) is 19.2 Å². The van der Waals surface area contributed by atoms with Gasteiger partial charge >= 0.3 is 5.97 Å². The number of imide groups is 1. The quantitative estimate of drug-likeness (QED) is 0.365. The highest BCUT2D eigenvalue weighted by molar-refractivity contribution is 6.22. The molecule has 1 saturated carbocycles. The molecule has 0 bridgehead atoms. The van der Waals surface area contributed by atoms with E-state index in [0.717, 1.165) is 17.5 Å². The molecule has 0 spiro atoms. The minimum absolute atomic E-state index is 0.166. The third kappa shape index (κ3) is 5.09. The Morgan fingerprint density at radius 1 is 0.895 bits per heavy atom. The van der Waals surface area contributed by atoms with E-state index in [0.29, 0.717) is 24.2 Å². The van der Waals surface area contributed by atoms with Crippen LogP contribution in [-0.4, -0.2) is 30.3 Å². The average molecular weight is 511 g/mol. The normalized spacial score (nSPS) is 20.7. The van der Waals surface area contributed by atoms with Crippen molar-refractivity contribution in [3.8, 4) is 0 Å². The molecule has 2 aliphatic rings. The van der Waals surface area contributed by atoms with Gasteiger partial charge in [-0.3, -0.25) is 19.3 Å². The van der Waals surface area contributed by atoms with Crippen LogP contribution < -0.4 is 10.2 Å². The molecule has 1 saturated heterocycles. The Kier molecular flexibility index (Phi) is 7.09. The number of nitrogens with zero attached hydrogens (tertiary/aromatic N) is 1. The van der Waals surface area contributed by atoms with E-state index in [-0.39, 0.29) is 35.1 Å². The van der Waals surface area contributed by atoms with Crippen molar-refractivity contribution in [1.82, 2.24) is 0 Å². The summed E-state index contributed by atoms with van der Waals surface area (Å²) >= 11 is 0. The third-order valence-electron chi connectivity index (χ3n) is 7.54. The zero-order chi connectivity index (χ0) is 26.8. The molecular formula is C31H30N2O5. The average Bonchev–Trinajstić information content (AvgIpc) is 3.18. The molecule has 0 radical (unpaired) electrons. The molecule has 5 rings (SSSR count). The van der Waals surface area contributed by atoms with Crippen molar-refractivity contribution in [2.24, 2.45) is 11.8 Å². The number of hydrogen-bond acceptors (Lipinski definition) is 5. The van der Waals surface area contributed by atoms with Crippen LogP contribution in [0.25, 0.3) is 0 Å². The van der Waals surface area contributed by atoms with Gasteiger partial charge < -0.3 is 10.1 Å². The lowest BCUT2D eigenvalue weighted by molar-refractivity contribution is -0.122. The van der Waals surface area contributed by atoms with E-state index in [4.69, 9.17) is 4.74 Å². The van der Waals surface area contributed by atoms with Gasteiger partial charge in [0.1, 0.15) is 0 Å². The fraction of sp³-hybridized carbons (Fsp3) is 0.290. The summed E-state index contributed by atoms with van der Waals surface area (Å²) in [6.07, 6.45) is 2.14. The maximum Gasteiger partial charge on any atom is 0.338 e. The second-order valence-corrected chi connectivity index (χ2v) is 10.1. The maximum atomic E-state index is 13.4. The van der Waals surface area contributed by atoms with Crippen molar-refractivity contribution >= 4 is 35.1 Å². The fourth-order valence-corrected chi connectivity index (χ4v) is 5.50. The number of benzene rings is 3. The summed E-state index contributed by atoms with van der Waals surface area (Å²) in [5.41, 5.74) is 4.27. The molecule has 1 aliphatic heterocycles. The molecule has 3 aromatic carbocycles. The molecule has 3 amide bonds. The Bertz CT molecular complexity index is 1400. The number of carbonyl (C=O) groups is 4. The first kappa shape index (κ1) is 25.4. The number of anilines is 2. The summed E-state index contributed by atoms with van der Waals surface area (Å²) < 4.78 is 5.22. The lowest BCUT2D eigenvalue weighted by atomic mass is 9.73. The van der Waals surface area contributed by atoms with Crippen LogP contribution in [0.4, 0.5) is 11.4 Å². The highest BCUT2D eigenvalue weighted by Gasteiger charge is 2.50. The van der Waals surface area contributed by atoms with Crippen molar-refractivity contribution in [1.29, 1.82) is 0 Å². The van der Waals surface area contributed by atoms with Gasteiger partial charge in [0.15, 0.2) is 6.61 Å². The number of ether oxygens (including phenoxy) is 1. The number of carbonyl (C=O) groups excluding carboxylic acids is 4. The first-order valence-corrected chi connectivity index (χ1v) is 12.9. The number of nitrogens with one attached hydrogen (secondary N) is 1. The van der Waals surface area contributed by atoms with E-state index in [1.165, 1.54) is 22.6 Å². The van der Waals surface area contributed by atoms with Crippen molar-refractivity contribution in [3.05, 3.63) is 95.1 Å². The lowest BCUT2D eigenvalue weighted by Gasteiger charge is -2.28. The minimum Gasteiger partial charge on any atom is -0.452 e. The van der Waals surface area contributed by atoms with Gasteiger partial charge in [-0.15, -0.1) is 0 Å². The molecule has 1 aliphatic carbocycles. The van der Waals surface area contributed by atoms with E-state index in [1.54, 1.807) is 12.1 Å². The van der Waals surface area contributed by atoms with Crippen LogP contribution in [0.2, 0.25) is 0 Å². The van der Waals surface area contributed by atoms with E-state index < -0.39 is 18.5 Å². The Hall–Kier alpha value is -4.26. The Morgan fingerprint density at radius 2 is 1.66 bits per heavy atom. The molecule has 3 aromatic rings. The maximum absolute atomic E-state index is 13.4. The Morgan fingerprint density at radius 3 is 2.45 bits per heavy atom. The lowest BCUT2D eigenvalue weighted by Crippen LogP contribution is -2.31. The monoisotopic (exact) mass is 510 g/mol. The largest absolute Gasteiger partial charge is 0.452 e. The molecule has 194 valence electrons. The van der Waals surface area contributed by atoms with E-state index in [2.05, 4.69) is 17.4 Å². The SMILES string of the molecule is Cc1ccc(C)c(NC(=O)COC(=O)c2cccc(N3C(=O)[C@@H]4CC[C@H](c5ccccc5)C[C@H]4C3=O)c2)c1. The van der Waals surface area contributed by atoms with Gasteiger partial charge in [-0.25, -0.2) is 4.79 Å². The van der Waals surface area contributed by atoms with Gasteiger partial charge in [-0.05, 0) is 80.0 Å². The first-order valence-electron chi connectivity index (χ1n) is 12.9. The van der Waals surface area contributed by atoms with Crippen molar-refractivity contribution < 1.29 is 23.9 Å². The van der Waals surface area contributed by atoms with E-state index in [1.807, 2.05) is 50.2 Å². The summed E-state index contributed by atoms with van der Waals surface area (Å²) in [6.45, 7) is 3.35. The van der Waals surface area contributed by atoms with Crippen LogP contribution in [0.3, 0.4) is 0 Å². The predicted molar refractivity (Wildman–Crippen MR) is 144 cm³/mol. The van der Waals surface area contributed by atoms with E-state index >= 15 is 0 Å². The van der Waals surface area contributed by atoms with Gasteiger partial charge in [-0.1, -0.05) is 48.5 Å². The highest BCUT2D eigenvalue weighted by Crippen LogP contribution is 2.45. The molecule has 0 unspecified atom stereocenters. The number of hydrogen-bond donors (Lipinski definition) is 1. The van der Waals surface area contributed by atoms with Crippen LogP contribution in [0, 0.1) is 25.7 Å². The standard InChI is InChI=1S/C31H30N2O5/c1-19-11-12-20(2)27(15-19)32-28(34)18-38-31(37)23-9-6-10-24(16-23)33-29(35)25-14-13-22(17-26(25)30(33)36)21-7-4-3-5-8-21/h3-12,15-16,22,25-26H,13-14,17-18H2,1-2H3,(H,32,34)/t22-,25+,26+/m0/s1. The number of rotatable bonds is 6. The van der Waals surface area contributed by atoms with Crippen molar-refractivity contribution in [2.75, 3.05) is 16.8 Å². The van der Waals surface area contributed by atoms with Gasteiger partial charge in [0.25, 0.3) is 5.91 Å². The number of aryl methyl sites for hydroxylation is 2. The van der Waals surface area contributed by atoms with Crippen LogP contribution in [0.15, 0.2) is 72.8 Å². The second kappa shape index (κ2) is 10.6. The Balaban J connectivity index is 1.25. The van der Waals surface area contributed by atoms with Crippen LogP contribution in [0.1, 0.15) is 52.2 Å². The van der Waals surface area contributed by atoms with Gasteiger partial charge in [0.05, 0.1) is 23.1 Å². The number of fused-ring (bicyclic) bond motifs is 1. The highest BCUT2D eigenvalue weighted by atomic mass is 16.5. The van der Waals surface area contributed by atoms with Gasteiger partial charge in [0.2, 0.25) is 11.8 Å². The molecular weight excluding hydrogens is 480 g/mol. The third-order valence-corrected chi connectivity index (χ3v) is 7.54. The summed E-state index contributed by atoms with van der Waals surface area (Å²) in [5, 5.41) is 2.76. The van der Waals surface area contributed by atoms with Gasteiger partial charge in [-0.2, -0.15) is 0 Å². The molecule has 0 aromatic heterocycles. The Labute approximate surface area is 221 Å². The molecule has 7 nitrogen and oxygen atoms in total. The molecule has 2 fully saturated rings. The van der Waals surface area contributed by atoms with Crippen LogP contribution in [0.5, 0.6) is 0 Å². The zero-order valence-corrected chi connectivity index (χ0v) is 21.5. The predicted octanol–water partition coefficient (Wildman–Crippen LogP) is 5.17. The summed E-state index contributed by atoms with van der Waals surface area (Å²) in [7, 11) is 0. The topological polar surface area (TPSA) is 92.8 Å². The van der Waals surface area contributed by atoms with Crippen molar-refractivity contribution in [2.45, 2.75) is 39.0 Å². The van der Waals surface area contributed by atoms with Gasteiger partial charge in [0, 0.05) is 5.69 Å². The van der Waals surface area contributed by atoms with Crippen molar-refractivity contribution in [3.63, 3.8) is 0 Å². The second-order valence-electron chi connectivity index (χ2n) is 10.1. The number of esters is 1. The molecule has 1 N–H and O–H groups in total. The number of amides is 3. The molecule has 1 heterocycles. The minimum atomic E-state index is -0.705. The first-order chi connectivity index (χ1) is 18.3. The summed E-state index contributed by atoms with van der Waals surface area (Å²) in [5.74, 6) is -2.07. The summed E-state index contributed by atoms with van der Waals surface area (Å²) in [4.78, 5) is 52.9. The fourth-order valence-electron chi connectivity index (χ4n) is 5.50. The smallest absolute Gasteiger partial charge is 0.338 e. The van der Waals surface area contributed by atoms with Crippen LogP contribution in [-0.2, 0) is 19.1 Å². The zero-order valence-electron chi connectivity index (χ0n) is 21.5. The molecule has 3 atom stereocenters. The molecule has 38 heavy (non-hydrogen) atoms. The summed E-state index contributed by atoms with van der Waals surface area (Å²) in [6, 6.07) is 22.1. The van der Waals surface area contributed by atoms with Crippen LogP contribution >= 0.6 is 0 Å².